The Labute approximate surface area is 301 Å². The number of benzene rings is 5. The van der Waals surface area contributed by atoms with Crippen LogP contribution in [0.25, 0.3) is 0 Å². The summed E-state index contributed by atoms with van der Waals surface area (Å²) in [6.45, 7) is 2.73. The first-order valence-electron chi connectivity index (χ1n) is 17.1. The van der Waals surface area contributed by atoms with Gasteiger partial charge < -0.3 is 23.7 Å². The van der Waals surface area contributed by atoms with Gasteiger partial charge in [0.2, 0.25) is 0 Å². The van der Waals surface area contributed by atoms with E-state index in [0.717, 1.165) is 27.8 Å². The summed E-state index contributed by atoms with van der Waals surface area (Å²) in [5.41, 5.74) is 4.65. The van der Waals surface area contributed by atoms with E-state index in [-0.39, 0.29) is 31.3 Å². The Morgan fingerprint density at radius 1 is 0.431 bits per heavy atom. The van der Waals surface area contributed by atoms with Gasteiger partial charge >= 0.3 is 0 Å². The zero-order valence-electron chi connectivity index (χ0n) is 28.8. The topological polar surface area (TPSA) is 89.5 Å². The predicted octanol–water partition coefficient (Wildman–Crippen LogP) is 7.44. The molecule has 0 aromatic heterocycles. The van der Waals surface area contributed by atoms with Gasteiger partial charge in [-0.3, -0.25) is 4.18 Å². The van der Waals surface area contributed by atoms with Crippen molar-refractivity contribution in [2.75, 3.05) is 7.11 Å². The van der Waals surface area contributed by atoms with Crippen LogP contribution in [0, 0.1) is 6.92 Å². The van der Waals surface area contributed by atoms with Crippen LogP contribution in [-0.4, -0.2) is 52.2 Å². The van der Waals surface area contributed by atoms with E-state index < -0.39 is 46.7 Å². The highest BCUT2D eigenvalue weighted by atomic mass is 32.2. The van der Waals surface area contributed by atoms with Gasteiger partial charge in [-0.25, -0.2) is 0 Å². The van der Waals surface area contributed by atoms with Crippen LogP contribution in [0.15, 0.2) is 150 Å². The second kappa shape index (κ2) is 17.8. The van der Waals surface area contributed by atoms with Crippen LogP contribution in [0.1, 0.15) is 27.8 Å². The van der Waals surface area contributed by atoms with Crippen molar-refractivity contribution in [2.24, 2.45) is 0 Å². The molecule has 0 radical (unpaired) electrons. The molecule has 0 aliphatic heterocycles. The summed E-state index contributed by atoms with van der Waals surface area (Å²) in [5, 5.41) is 0. The third-order valence-corrected chi connectivity index (χ3v) is 10.2. The monoisotopic (exact) mass is 708 g/mol. The van der Waals surface area contributed by atoms with Crippen molar-refractivity contribution in [1.29, 1.82) is 0 Å². The van der Waals surface area contributed by atoms with Gasteiger partial charge in [0.15, 0.2) is 0 Å². The molecule has 9 heteroatoms. The van der Waals surface area contributed by atoms with Crippen molar-refractivity contribution in [2.45, 2.75) is 74.9 Å². The van der Waals surface area contributed by atoms with Crippen LogP contribution in [0.5, 0.6) is 0 Å². The summed E-state index contributed by atoms with van der Waals surface area (Å²) in [7, 11) is -2.78. The Morgan fingerprint density at radius 2 is 0.745 bits per heavy atom. The molecule has 6 atom stereocenters. The summed E-state index contributed by atoms with van der Waals surface area (Å²) in [6.07, 6.45) is -5.51. The average Bonchev–Trinajstić information content (AvgIpc) is 3.17. The molecule has 1 fully saturated rings. The van der Waals surface area contributed by atoms with Crippen molar-refractivity contribution in [3.8, 4) is 0 Å². The lowest BCUT2D eigenvalue weighted by Crippen LogP contribution is -2.67. The minimum atomic E-state index is -4.30. The molecular formula is C42H44O8S. The molecule has 0 spiro atoms. The lowest BCUT2D eigenvalue weighted by Gasteiger charge is -2.49. The lowest BCUT2D eigenvalue weighted by molar-refractivity contribution is -0.272. The molecule has 0 bridgehead atoms. The zero-order chi connectivity index (χ0) is 35.5. The minimum absolute atomic E-state index is 0.0238. The van der Waals surface area contributed by atoms with Gasteiger partial charge in [0.05, 0.1) is 31.3 Å². The maximum atomic E-state index is 14.0. The summed E-state index contributed by atoms with van der Waals surface area (Å²) in [5.74, 6) is 0. The van der Waals surface area contributed by atoms with Crippen LogP contribution in [0.2, 0.25) is 0 Å². The Kier molecular flexibility index (Phi) is 12.8. The lowest BCUT2D eigenvalue weighted by atomic mass is 9.83. The smallest absolute Gasteiger partial charge is 0.297 e. The van der Waals surface area contributed by atoms with E-state index in [1.165, 1.54) is 19.2 Å². The molecule has 6 rings (SSSR count). The summed E-state index contributed by atoms with van der Waals surface area (Å²) < 4.78 is 67.2. The van der Waals surface area contributed by atoms with E-state index in [1.54, 1.807) is 12.1 Å². The molecule has 266 valence electrons. The summed E-state index contributed by atoms with van der Waals surface area (Å²) >= 11 is 0. The molecule has 1 aliphatic carbocycles. The third kappa shape index (κ3) is 9.78. The maximum Gasteiger partial charge on any atom is 0.297 e. The fourth-order valence-corrected chi connectivity index (χ4v) is 7.32. The highest BCUT2D eigenvalue weighted by Crippen LogP contribution is 2.37. The van der Waals surface area contributed by atoms with Gasteiger partial charge in [0.1, 0.15) is 36.6 Å². The van der Waals surface area contributed by atoms with Crippen LogP contribution >= 0.6 is 0 Å². The number of rotatable bonds is 16. The molecule has 0 saturated heterocycles. The zero-order valence-corrected chi connectivity index (χ0v) is 29.6. The van der Waals surface area contributed by atoms with Gasteiger partial charge in [-0.05, 0) is 41.3 Å². The molecular weight excluding hydrogens is 665 g/mol. The van der Waals surface area contributed by atoms with E-state index in [1.807, 2.05) is 128 Å². The number of methoxy groups -OCH3 is 1. The Hall–Kier alpha value is -4.19. The fraction of sp³-hybridized carbons (Fsp3) is 0.286. The first-order valence-corrected chi connectivity index (χ1v) is 18.5. The first kappa shape index (κ1) is 36.6. The standard InChI is InChI=1S/C42H44O8S/c1-31-23-25-36(26-24-31)51(43,44)50-42-37(45-2)38(46-27-32-15-7-3-8-16-32)39(47-28-33-17-9-4-10-18-33)40(48-29-34-19-11-5-12-20-34)41(42)49-30-35-21-13-6-14-22-35/h3-26,37-42H,27-30H2,1-2H3/t37-,38+,39-,40+,41-,42-/m0/s1. The highest BCUT2D eigenvalue weighted by molar-refractivity contribution is 7.86. The van der Waals surface area contributed by atoms with Crippen molar-refractivity contribution in [3.63, 3.8) is 0 Å². The highest BCUT2D eigenvalue weighted by Gasteiger charge is 2.56. The normalized spacial score (nSPS) is 22.1. The largest absolute Gasteiger partial charge is 0.376 e. The van der Waals surface area contributed by atoms with Crippen molar-refractivity contribution < 1.29 is 36.3 Å². The maximum absolute atomic E-state index is 14.0. The molecule has 5 aromatic rings. The third-order valence-electron chi connectivity index (χ3n) is 8.90. The van der Waals surface area contributed by atoms with Crippen LogP contribution in [-0.2, 0) is 64.4 Å². The summed E-state index contributed by atoms with van der Waals surface area (Å²) in [4.78, 5) is 0.0238. The van der Waals surface area contributed by atoms with Crippen LogP contribution in [0.4, 0.5) is 0 Å². The van der Waals surface area contributed by atoms with Gasteiger partial charge in [0.25, 0.3) is 10.1 Å². The van der Waals surface area contributed by atoms with Crippen molar-refractivity contribution in [3.05, 3.63) is 173 Å². The van der Waals surface area contributed by atoms with E-state index in [0.29, 0.717) is 0 Å². The van der Waals surface area contributed by atoms with Gasteiger partial charge in [-0.15, -0.1) is 0 Å². The molecule has 0 amide bonds. The Morgan fingerprint density at radius 3 is 1.08 bits per heavy atom. The van der Waals surface area contributed by atoms with Crippen LogP contribution < -0.4 is 0 Å². The van der Waals surface area contributed by atoms with Gasteiger partial charge in [0, 0.05) is 7.11 Å². The number of aryl methyl sites for hydroxylation is 1. The predicted molar refractivity (Wildman–Crippen MR) is 194 cm³/mol. The number of hydrogen-bond donors (Lipinski definition) is 0. The second-order valence-corrected chi connectivity index (χ2v) is 14.1. The van der Waals surface area contributed by atoms with E-state index in [9.17, 15) is 8.42 Å². The van der Waals surface area contributed by atoms with E-state index in [4.69, 9.17) is 27.9 Å². The average molecular weight is 709 g/mol. The van der Waals surface area contributed by atoms with Gasteiger partial charge in [-0.2, -0.15) is 8.42 Å². The Balaban J connectivity index is 1.42. The minimum Gasteiger partial charge on any atom is -0.376 e. The van der Waals surface area contributed by atoms with Crippen molar-refractivity contribution >= 4 is 10.1 Å². The number of hydrogen-bond acceptors (Lipinski definition) is 8. The van der Waals surface area contributed by atoms with Crippen LogP contribution in [0.3, 0.4) is 0 Å². The summed E-state index contributed by atoms with van der Waals surface area (Å²) in [6, 6.07) is 45.6. The molecule has 5 aromatic carbocycles. The van der Waals surface area contributed by atoms with Gasteiger partial charge in [-0.1, -0.05) is 139 Å². The number of ether oxygens (including phenoxy) is 5. The molecule has 1 saturated carbocycles. The molecule has 0 N–H and O–H groups in total. The SMILES string of the molecule is CO[C@H]1[C@@H](OCc2ccccc2)[C@H](OCc2ccccc2)[C@@H](OCc2ccccc2)[C@H](OCc2ccccc2)[C@H]1OS(=O)(=O)c1ccc(C)cc1. The molecule has 0 heterocycles. The first-order chi connectivity index (χ1) is 24.9. The molecule has 8 nitrogen and oxygen atoms in total. The van der Waals surface area contributed by atoms with Crippen molar-refractivity contribution in [1.82, 2.24) is 0 Å². The molecule has 1 aliphatic rings. The van der Waals surface area contributed by atoms with E-state index in [2.05, 4.69) is 0 Å². The fourth-order valence-electron chi connectivity index (χ4n) is 6.23. The molecule has 0 unspecified atom stereocenters. The van der Waals surface area contributed by atoms with E-state index >= 15 is 0 Å². The molecule has 51 heavy (non-hydrogen) atoms. The second-order valence-electron chi connectivity index (χ2n) is 12.6. The quantitative estimate of drug-likeness (QED) is 0.0978. The Bertz CT molecular complexity index is 1860.